The fourth-order valence-electron chi connectivity index (χ4n) is 4.03. The maximum absolute atomic E-state index is 14.0. The molecule has 1 aromatic heterocycles. The first-order valence-corrected chi connectivity index (χ1v) is 9.35. The first-order valence-electron chi connectivity index (χ1n) is 9.35. The number of amides is 1. The largest absolute Gasteiger partial charge is 0.370 e. The van der Waals surface area contributed by atoms with Crippen LogP contribution in [0.5, 0.6) is 0 Å². The fourth-order valence-corrected chi connectivity index (χ4v) is 4.03. The highest BCUT2D eigenvalue weighted by Crippen LogP contribution is 2.31. The lowest BCUT2D eigenvalue weighted by molar-refractivity contribution is -0.0605. The molecule has 1 amide bonds. The Morgan fingerprint density at radius 3 is 2.79 bits per heavy atom. The molecule has 0 saturated carbocycles. The third-order valence-electron chi connectivity index (χ3n) is 5.53. The first kappa shape index (κ1) is 17.1. The number of carbonyl (C=O) groups is 1. The van der Waals surface area contributed by atoms with Gasteiger partial charge in [-0.1, -0.05) is 35.5 Å². The van der Waals surface area contributed by atoms with Crippen LogP contribution in [0, 0.1) is 5.82 Å². The van der Waals surface area contributed by atoms with E-state index in [0.29, 0.717) is 30.8 Å². The number of carbonyl (C=O) groups excluding carboxylic acids is 1. The number of likely N-dealkylation sites (tertiary alicyclic amines) is 1. The van der Waals surface area contributed by atoms with E-state index in [9.17, 15) is 9.18 Å². The van der Waals surface area contributed by atoms with Gasteiger partial charge in [-0.05, 0) is 30.2 Å². The Balaban J connectivity index is 1.35. The summed E-state index contributed by atoms with van der Waals surface area (Å²) in [6.45, 7) is 1.69. The van der Waals surface area contributed by atoms with Crippen LogP contribution in [0.4, 0.5) is 4.39 Å². The zero-order valence-electron chi connectivity index (χ0n) is 15.2. The molecule has 7 heteroatoms. The average Bonchev–Trinajstić information content (AvgIpc) is 3.23. The zero-order chi connectivity index (χ0) is 19.1. The Bertz CT molecular complexity index is 1020. The van der Waals surface area contributed by atoms with E-state index < -0.39 is 0 Å². The minimum atomic E-state index is -0.274. The van der Waals surface area contributed by atoms with Gasteiger partial charge >= 0.3 is 0 Å². The predicted octanol–water partition coefficient (Wildman–Crippen LogP) is 3.07. The summed E-state index contributed by atoms with van der Waals surface area (Å²) in [4.78, 5) is 14.8. The molecule has 3 heterocycles. The minimum absolute atomic E-state index is 0.0124. The Labute approximate surface area is 161 Å². The number of hydrogen-bond acceptors (Lipinski definition) is 4. The van der Waals surface area contributed by atoms with Crippen molar-refractivity contribution in [2.75, 3.05) is 13.1 Å². The number of ether oxygens (including phenoxy) is 1. The highest BCUT2D eigenvalue weighted by Gasteiger charge is 2.38. The van der Waals surface area contributed by atoms with Crippen molar-refractivity contribution < 1.29 is 13.9 Å². The van der Waals surface area contributed by atoms with Gasteiger partial charge in [0.1, 0.15) is 5.82 Å². The fraction of sp³-hybridized carbons (Fsp3) is 0.286. The van der Waals surface area contributed by atoms with Crippen molar-refractivity contribution in [3.05, 3.63) is 71.8 Å². The lowest BCUT2D eigenvalue weighted by Crippen LogP contribution is -2.49. The third-order valence-corrected chi connectivity index (χ3v) is 5.53. The molecule has 3 aromatic rings. The number of hydrogen-bond donors (Lipinski definition) is 0. The maximum atomic E-state index is 14.0. The van der Waals surface area contributed by atoms with Gasteiger partial charge in [0, 0.05) is 24.2 Å². The van der Waals surface area contributed by atoms with E-state index in [1.165, 1.54) is 6.07 Å². The van der Waals surface area contributed by atoms with Gasteiger partial charge in [0.2, 0.25) is 0 Å². The van der Waals surface area contributed by atoms with Crippen molar-refractivity contribution in [2.24, 2.45) is 0 Å². The molecule has 2 aliphatic heterocycles. The lowest BCUT2D eigenvalue weighted by atomic mass is 9.99. The highest BCUT2D eigenvalue weighted by atomic mass is 19.1. The molecule has 6 nitrogen and oxygen atoms in total. The van der Waals surface area contributed by atoms with Crippen LogP contribution in [0.15, 0.2) is 54.7 Å². The summed E-state index contributed by atoms with van der Waals surface area (Å²) < 4.78 is 21.8. The number of rotatable bonds is 2. The number of aromatic nitrogens is 3. The molecule has 142 valence electrons. The van der Waals surface area contributed by atoms with Crippen LogP contribution in [0.3, 0.4) is 0 Å². The Kier molecular flexibility index (Phi) is 4.16. The Morgan fingerprint density at radius 1 is 1.14 bits per heavy atom. The average molecular weight is 378 g/mol. The van der Waals surface area contributed by atoms with Crippen LogP contribution in [-0.2, 0) is 11.3 Å². The van der Waals surface area contributed by atoms with Crippen molar-refractivity contribution in [2.45, 2.75) is 25.2 Å². The molecule has 0 spiro atoms. The van der Waals surface area contributed by atoms with Gasteiger partial charge in [0.15, 0.2) is 0 Å². The molecule has 1 fully saturated rings. The van der Waals surface area contributed by atoms with E-state index in [0.717, 1.165) is 17.7 Å². The molecule has 2 atom stereocenters. The summed E-state index contributed by atoms with van der Waals surface area (Å²) >= 11 is 0. The number of nitrogens with zero attached hydrogens (tertiary/aromatic N) is 4. The molecule has 2 aliphatic rings. The van der Waals surface area contributed by atoms with Crippen LogP contribution in [0.25, 0.3) is 11.1 Å². The molecule has 5 rings (SSSR count). The zero-order valence-corrected chi connectivity index (χ0v) is 15.2. The summed E-state index contributed by atoms with van der Waals surface area (Å²) in [6.07, 6.45) is 2.53. The number of fused-ring (bicyclic) bond motifs is 3. The van der Waals surface area contributed by atoms with E-state index in [1.807, 2.05) is 9.58 Å². The topological polar surface area (TPSA) is 60.3 Å². The molecular formula is C21H19FN4O2. The van der Waals surface area contributed by atoms with Crippen molar-refractivity contribution in [1.82, 2.24) is 19.9 Å². The van der Waals surface area contributed by atoms with Crippen molar-refractivity contribution in [1.29, 1.82) is 0 Å². The van der Waals surface area contributed by atoms with Gasteiger partial charge < -0.3 is 9.64 Å². The van der Waals surface area contributed by atoms with E-state index in [1.54, 1.807) is 48.7 Å². The summed E-state index contributed by atoms with van der Waals surface area (Å²) in [7, 11) is 0. The molecule has 0 unspecified atom stereocenters. The van der Waals surface area contributed by atoms with Crippen LogP contribution in [-0.4, -0.2) is 45.0 Å². The second-order valence-electron chi connectivity index (χ2n) is 7.18. The molecule has 0 N–H and O–H groups in total. The van der Waals surface area contributed by atoms with Crippen molar-refractivity contribution >= 4 is 5.91 Å². The second kappa shape index (κ2) is 6.83. The van der Waals surface area contributed by atoms with E-state index >= 15 is 0 Å². The van der Waals surface area contributed by atoms with E-state index in [2.05, 4.69) is 10.3 Å². The summed E-state index contributed by atoms with van der Waals surface area (Å²) in [5.41, 5.74) is 2.81. The smallest absolute Gasteiger partial charge is 0.253 e. The Morgan fingerprint density at radius 2 is 1.96 bits per heavy atom. The molecule has 1 saturated heterocycles. The van der Waals surface area contributed by atoms with Crippen LogP contribution in [0.2, 0.25) is 0 Å². The maximum Gasteiger partial charge on any atom is 0.253 e. The van der Waals surface area contributed by atoms with E-state index in [4.69, 9.17) is 4.74 Å². The molecule has 0 bridgehead atoms. The summed E-state index contributed by atoms with van der Waals surface area (Å²) in [5, 5.41) is 8.14. The third kappa shape index (κ3) is 2.88. The molecule has 28 heavy (non-hydrogen) atoms. The number of halogens is 1. The summed E-state index contributed by atoms with van der Waals surface area (Å²) in [6, 6.07) is 13.7. The van der Waals surface area contributed by atoms with Crippen LogP contribution >= 0.6 is 0 Å². The summed E-state index contributed by atoms with van der Waals surface area (Å²) in [5.74, 6) is -0.310. The van der Waals surface area contributed by atoms with Crippen molar-refractivity contribution in [3.63, 3.8) is 0 Å². The lowest BCUT2D eigenvalue weighted by Gasteiger charge is -2.41. The standard InChI is InChI=1S/C21H19FN4O2/c22-18-4-2-1-3-17(18)14-5-7-15(8-6-14)21(27)25-10-9-20-19(12-25)26-16(13-28-20)11-23-24-26/h1-8,11,19-20H,9-10,12-13H2/t19-,20+/m1/s1. The molecule has 0 radical (unpaired) electrons. The SMILES string of the molecule is O=C(c1ccc(-c2ccccc2F)cc1)N1CC[C@@H]2OCc3cnnn3[C@@H]2C1. The molecule has 2 aromatic carbocycles. The van der Waals surface area contributed by atoms with Gasteiger partial charge in [0.25, 0.3) is 5.91 Å². The first-order chi connectivity index (χ1) is 13.7. The molecular weight excluding hydrogens is 359 g/mol. The molecule has 0 aliphatic carbocycles. The van der Waals surface area contributed by atoms with Gasteiger partial charge in [-0.25, -0.2) is 9.07 Å². The van der Waals surface area contributed by atoms with E-state index in [-0.39, 0.29) is 23.9 Å². The van der Waals surface area contributed by atoms with Gasteiger partial charge in [-0.2, -0.15) is 0 Å². The highest BCUT2D eigenvalue weighted by molar-refractivity contribution is 5.94. The second-order valence-corrected chi connectivity index (χ2v) is 7.18. The normalized spacial score (nSPS) is 21.1. The van der Waals surface area contributed by atoms with Gasteiger partial charge in [-0.15, -0.1) is 5.10 Å². The number of piperidine rings is 1. The van der Waals surface area contributed by atoms with Gasteiger partial charge in [0.05, 0.1) is 30.6 Å². The minimum Gasteiger partial charge on any atom is -0.370 e. The van der Waals surface area contributed by atoms with Crippen LogP contribution < -0.4 is 0 Å². The Hall–Kier alpha value is -3.06. The van der Waals surface area contributed by atoms with Crippen molar-refractivity contribution in [3.8, 4) is 11.1 Å². The number of benzene rings is 2. The quantitative estimate of drug-likeness (QED) is 0.688. The monoisotopic (exact) mass is 378 g/mol. The van der Waals surface area contributed by atoms with Crippen LogP contribution in [0.1, 0.15) is 28.5 Å². The van der Waals surface area contributed by atoms with Gasteiger partial charge in [-0.3, -0.25) is 4.79 Å². The predicted molar refractivity (Wildman–Crippen MR) is 100.0 cm³/mol.